The molecule has 1 amide bonds. The van der Waals surface area contributed by atoms with Crippen molar-refractivity contribution in [1.82, 2.24) is 15.5 Å². The number of aromatic nitrogens is 2. The van der Waals surface area contributed by atoms with Gasteiger partial charge in [0.1, 0.15) is 11.8 Å². The molecule has 3 rings (SSSR count). The van der Waals surface area contributed by atoms with Crippen molar-refractivity contribution in [1.29, 1.82) is 0 Å². The van der Waals surface area contributed by atoms with E-state index >= 15 is 0 Å². The van der Waals surface area contributed by atoms with E-state index in [1.165, 1.54) is 18.2 Å². The molecule has 0 aliphatic rings. The lowest BCUT2D eigenvalue weighted by Crippen LogP contribution is -2.32. The Morgan fingerprint density at radius 1 is 1.19 bits per heavy atom. The van der Waals surface area contributed by atoms with Crippen molar-refractivity contribution in [3.8, 4) is 17.1 Å². The van der Waals surface area contributed by atoms with E-state index < -0.39 is 6.04 Å². The molecule has 1 atom stereocenters. The summed E-state index contributed by atoms with van der Waals surface area (Å²) >= 11 is 5.87. The molecule has 6 nitrogen and oxygen atoms in total. The molecule has 0 saturated heterocycles. The minimum absolute atomic E-state index is 0.0237. The summed E-state index contributed by atoms with van der Waals surface area (Å²) in [5, 5.41) is 16.5. The molecule has 7 heteroatoms. The van der Waals surface area contributed by atoms with Crippen LogP contribution in [0.2, 0.25) is 5.02 Å². The summed E-state index contributed by atoms with van der Waals surface area (Å²) in [5.41, 5.74) is 1.17. The molecular formula is C19H18ClN3O3. The van der Waals surface area contributed by atoms with E-state index in [9.17, 15) is 9.90 Å². The molecule has 0 spiro atoms. The largest absolute Gasteiger partial charge is 0.506 e. The second-order valence-corrected chi connectivity index (χ2v) is 6.59. The van der Waals surface area contributed by atoms with E-state index in [1.54, 1.807) is 0 Å². The molecule has 0 aliphatic carbocycles. The van der Waals surface area contributed by atoms with Crippen LogP contribution in [0.4, 0.5) is 0 Å². The first kappa shape index (κ1) is 17.9. The van der Waals surface area contributed by atoms with Crippen LogP contribution in [0.25, 0.3) is 11.4 Å². The van der Waals surface area contributed by atoms with E-state index in [1.807, 2.05) is 44.2 Å². The molecule has 1 heterocycles. The highest BCUT2D eigenvalue weighted by Gasteiger charge is 2.25. The maximum atomic E-state index is 12.5. The van der Waals surface area contributed by atoms with Gasteiger partial charge in [0.15, 0.2) is 0 Å². The topological polar surface area (TPSA) is 88.2 Å². The highest BCUT2D eigenvalue weighted by atomic mass is 35.5. The lowest BCUT2D eigenvalue weighted by Gasteiger charge is -2.18. The first-order valence-corrected chi connectivity index (χ1v) is 8.52. The summed E-state index contributed by atoms with van der Waals surface area (Å²) in [6.45, 7) is 3.89. The molecule has 0 fully saturated rings. The Morgan fingerprint density at radius 2 is 1.92 bits per heavy atom. The number of phenols is 1. The Labute approximate surface area is 155 Å². The molecule has 3 aromatic rings. The van der Waals surface area contributed by atoms with Crippen LogP contribution in [-0.2, 0) is 0 Å². The zero-order chi connectivity index (χ0) is 18.7. The van der Waals surface area contributed by atoms with Crippen LogP contribution in [0.15, 0.2) is 53.1 Å². The molecule has 0 radical (unpaired) electrons. The van der Waals surface area contributed by atoms with Gasteiger partial charge in [0.2, 0.25) is 11.7 Å². The summed E-state index contributed by atoms with van der Waals surface area (Å²) in [7, 11) is 0. The van der Waals surface area contributed by atoms with Gasteiger partial charge in [-0.1, -0.05) is 60.9 Å². The van der Waals surface area contributed by atoms with Crippen molar-refractivity contribution < 1.29 is 14.4 Å². The Kier molecular flexibility index (Phi) is 5.23. The SMILES string of the molecule is CC(C)[C@H](NC(=O)c1ccc(O)c(Cl)c1)c1nc(-c2ccccc2)no1. The highest BCUT2D eigenvalue weighted by Crippen LogP contribution is 2.26. The maximum Gasteiger partial charge on any atom is 0.251 e. The lowest BCUT2D eigenvalue weighted by molar-refractivity contribution is 0.0914. The first-order valence-electron chi connectivity index (χ1n) is 8.14. The fourth-order valence-electron chi connectivity index (χ4n) is 2.45. The second-order valence-electron chi connectivity index (χ2n) is 6.18. The van der Waals surface area contributed by atoms with Crippen molar-refractivity contribution >= 4 is 17.5 Å². The van der Waals surface area contributed by atoms with Gasteiger partial charge in [0, 0.05) is 11.1 Å². The third-order valence-electron chi connectivity index (χ3n) is 3.90. The molecule has 0 saturated carbocycles. The number of nitrogens with zero attached hydrogens (tertiary/aromatic N) is 2. The number of hydrogen-bond donors (Lipinski definition) is 2. The smallest absolute Gasteiger partial charge is 0.251 e. The number of nitrogens with one attached hydrogen (secondary N) is 1. The van der Waals surface area contributed by atoms with Crippen LogP contribution in [0.1, 0.15) is 36.1 Å². The van der Waals surface area contributed by atoms with Crippen LogP contribution < -0.4 is 5.32 Å². The van der Waals surface area contributed by atoms with E-state index in [-0.39, 0.29) is 22.6 Å². The lowest BCUT2D eigenvalue weighted by atomic mass is 10.0. The fourth-order valence-corrected chi connectivity index (χ4v) is 2.63. The van der Waals surface area contributed by atoms with E-state index in [0.29, 0.717) is 17.3 Å². The number of carbonyl (C=O) groups excluding carboxylic acids is 1. The summed E-state index contributed by atoms with van der Waals surface area (Å²) in [5.74, 6) is 0.402. The van der Waals surface area contributed by atoms with Crippen molar-refractivity contribution in [2.75, 3.05) is 0 Å². The van der Waals surface area contributed by atoms with Crippen molar-refractivity contribution in [2.24, 2.45) is 5.92 Å². The average molecular weight is 372 g/mol. The Balaban J connectivity index is 1.82. The summed E-state index contributed by atoms with van der Waals surface area (Å²) in [6, 6.07) is 13.3. The highest BCUT2D eigenvalue weighted by molar-refractivity contribution is 6.32. The van der Waals surface area contributed by atoms with Gasteiger partial charge in [-0.3, -0.25) is 4.79 Å². The number of amides is 1. The van der Waals surface area contributed by atoms with Gasteiger partial charge < -0.3 is 14.9 Å². The summed E-state index contributed by atoms with van der Waals surface area (Å²) in [4.78, 5) is 17.0. The number of halogens is 1. The Bertz CT molecular complexity index is 909. The minimum atomic E-state index is -0.458. The fraction of sp³-hybridized carbons (Fsp3) is 0.211. The van der Waals surface area contributed by atoms with Gasteiger partial charge in [0.05, 0.1) is 5.02 Å². The summed E-state index contributed by atoms with van der Waals surface area (Å²) < 4.78 is 5.38. The number of hydrogen-bond acceptors (Lipinski definition) is 5. The van der Waals surface area contributed by atoms with Gasteiger partial charge >= 0.3 is 0 Å². The van der Waals surface area contributed by atoms with E-state index in [4.69, 9.17) is 16.1 Å². The van der Waals surface area contributed by atoms with Gasteiger partial charge in [0.25, 0.3) is 5.91 Å². The van der Waals surface area contributed by atoms with Gasteiger partial charge in [-0.15, -0.1) is 0 Å². The number of rotatable bonds is 5. The molecule has 26 heavy (non-hydrogen) atoms. The molecule has 2 aromatic carbocycles. The van der Waals surface area contributed by atoms with Gasteiger partial charge in [-0.05, 0) is 24.1 Å². The van der Waals surface area contributed by atoms with Crippen LogP contribution in [0.3, 0.4) is 0 Å². The zero-order valence-electron chi connectivity index (χ0n) is 14.3. The van der Waals surface area contributed by atoms with Crippen LogP contribution >= 0.6 is 11.6 Å². The van der Waals surface area contributed by atoms with Crippen LogP contribution in [0, 0.1) is 5.92 Å². The van der Waals surface area contributed by atoms with Crippen molar-refractivity contribution in [2.45, 2.75) is 19.9 Å². The predicted molar refractivity (Wildman–Crippen MR) is 97.9 cm³/mol. The first-order chi connectivity index (χ1) is 12.5. The van der Waals surface area contributed by atoms with Gasteiger partial charge in [-0.25, -0.2) is 0 Å². The quantitative estimate of drug-likeness (QED) is 0.700. The molecule has 1 aromatic heterocycles. The molecule has 2 N–H and O–H groups in total. The molecule has 0 aliphatic heterocycles. The number of phenolic OH excluding ortho intramolecular Hbond substituents is 1. The maximum absolute atomic E-state index is 12.5. The summed E-state index contributed by atoms with van der Waals surface area (Å²) in [6.07, 6.45) is 0. The average Bonchev–Trinajstić information content (AvgIpc) is 3.12. The predicted octanol–water partition coefficient (Wildman–Crippen LogP) is 4.22. The van der Waals surface area contributed by atoms with Crippen molar-refractivity contribution in [3.63, 3.8) is 0 Å². The monoisotopic (exact) mass is 371 g/mol. The number of carbonyl (C=O) groups is 1. The minimum Gasteiger partial charge on any atom is -0.506 e. The van der Waals surface area contributed by atoms with Gasteiger partial charge in [-0.2, -0.15) is 4.98 Å². The molecule has 134 valence electrons. The molecule has 0 bridgehead atoms. The van der Waals surface area contributed by atoms with Crippen LogP contribution in [0.5, 0.6) is 5.75 Å². The van der Waals surface area contributed by atoms with Crippen LogP contribution in [-0.4, -0.2) is 21.2 Å². The molecular weight excluding hydrogens is 354 g/mol. The third-order valence-corrected chi connectivity index (χ3v) is 4.21. The standard InChI is InChI=1S/C19H18ClN3O3/c1-11(2)16(21-18(25)13-8-9-15(24)14(20)10-13)19-22-17(23-26-19)12-6-4-3-5-7-12/h3-11,16,24H,1-2H3,(H,21,25)/t16-/m0/s1. The molecule has 0 unspecified atom stereocenters. The zero-order valence-corrected chi connectivity index (χ0v) is 15.1. The normalized spacial score (nSPS) is 12.2. The number of aromatic hydroxyl groups is 1. The Hall–Kier alpha value is -2.86. The van der Waals surface area contributed by atoms with E-state index in [0.717, 1.165) is 5.56 Å². The van der Waals surface area contributed by atoms with E-state index in [2.05, 4.69) is 15.5 Å². The Morgan fingerprint density at radius 3 is 2.58 bits per heavy atom. The second kappa shape index (κ2) is 7.58. The van der Waals surface area contributed by atoms with Crippen molar-refractivity contribution in [3.05, 3.63) is 65.0 Å². The number of benzene rings is 2. The third kappa shape index (κ3) is 3.86.